The number of likely N-dealkylation sites (N-methyl/N-ethyl adjacent to an activating group) is 1. The Bertz CT molecular complexity index is 586. The Morgan fingerprint density at radius 3 is 2.57 bits per heavy atom. The number of carbonyl (C=O) groups is 1. The van der Waals surface area contributed by atoms with Crippen molar-refractivity contribution in [3.63, 3.8) is 0 Å². The molecular formula is C15H22N2O3S. The Balaban J connectivity index is 2.03. The van der Waals surface area contributed by atoms with Crippen LogP contribution in [0.25, 0.3) is 0 Å². The first-order chi connectivity index (χ1) is 9.93. The second-order valence-corrected chi connectivity index (χ2v) is 7.71. The predicted octanol–water partition coefficient (Wildman–Crippen LogP) is 0.592. The molecule has 0 spiro atoms. The second-order valence-electron chi connectivity index (χ2n) is 5.48. The van der Waals surface area contributed by atoms with Crippen LogP contribution in [0.5, 0.6) is 0 Å². The maximum Gasteiger partial charge on any atom is 0.240 e. The molecule has 0 saturated carbocycles. The van der Waals surface area contributed by atoms with E-state index in [1.807, 2.05) is 37.3 Å². The lowest BCUT2D eigenvalue weighted by atomic mass is 10.0. The zero-order valence-electron chi connectivity index (χ0n) is 12.2. The zero-order chi connectivity index (χ0) is 15.5. The zero-order valence-corrected chi connectivity index (χ0v) is 13.1. The highest BCUT2D eigenvalue weighted by Gasteiger charge is 2.35. The van der Waals surface area contributed by atoms with Gasteiger partial charge < -0.3 is 10.6 Å². The van der Waals surface area contributed by atoms with Crippen molar-refractivity contribution >= 4 is 15.7 Å². The predicted molar refractivity (Wildman–Crippen MR) is 82.6 cm³/mol. The van der Waals surface area contributed by atoms with Crippen molar-refractivity contribution in [3.05, 3.63) is 35.9 Å². The molecule has 0 bridgehead atoms. The molecule has 116 valence electrons. The second kappa shape index (κ2) is 6.58. The highest BCUT2D eigenvalue weighted by atomic mass is 32.2. The fourth-order valence-electron chi connectivity index (χ4n) is 2.78. The van der Waals surface area contributed by atoms with Crippen LogP contribution >= 0.6 is 0 Å². The summed E-state index contributed by atoms with van der Waals surface area (Å²) in [4.78, 5) is 14.1. The Hall–Kier alpha value is -1.40. The molecule has 6 heteroatoms. The van der Waals surface area contributed by atoms with Crippen LogP contribution in [0.2, 0.25) is 0 Å². The summed E-state index contributed by atoms with van der Waals surface area (Å²) >= 11 is 0. The topological polar surface area (TPSA) is 80.5 Å². The van der Waals surface area contributed by atoms with Gasteiger partial charge in [-0.1, -0.05) is 30.3 Å². The largest absolute Gasteiger partial charge is 0.338 e. The summed E-state index contributed by atoms with van der Waals surface area (Å²) in [5.74, 6) is 0.0588. The van der Waals surface area contributed by atoms with Crippen molar-refractivity contribution in [2.75, 3.05) is 18.1 Å². The van der Waals surface area contributed by atoms with Crippen molar-refractivity contribution in [2.24, 2.45) is 5.73 Å². The van der Waals surface area contributed by atoms with Crippen molar-refractivity contribution in [2.45, 2.75) is 31.8 Å². The van der Waals surface area contributed by atoms with Gasteiger partial charge in [-0.3, -0.25) is 4.79 Å². The van der Waals surface area contributed by atoms with Crippen molar-refractivity contribution in [1.82, 2.24) is 4.90 Å². The molecule has 0 aromatic heterocycles. The molecule has 1 unspecified atom stereocenters. The molecule has 21 heavy (non-hydrogen) atoms. The Labute approximate surface area is 126 Å². The number of carbonyl (C=O) groups excluding carboxylic acids is 1. The molecule has 1 heterocycles. The molecule has 1 fully saturated rings. The molecule has 1 aliphatic rings. The number of nitrogens with zero attached hydrogens (tertiary/aromatic N) is 1. The van der Waals surface area contributed by atoms with Gasteiger partial charge in [0, 0.05) is 12.6 Å². The van der Waals surface area contributed by atoms with Crippen LogP contribution in [-0.2, 0) is 21.1 Å². The average molecular weight is 310 g/mol. The van der Waals surface area contributed by atoms with E-state index in [1.54, 1.807) is 4.90 Å². The van der Waals surface area contributed by atoms with Gasteiger partial charge in [0.1, 0.15) is 0 Å². The average Bonchev–Trinajstić information content (AvgIpc) is 2.80. The van der Waals surface area contributed by atoms with Crippen LogP contribution in [0.4, 0.5) is 0 Å². The third-order valence-corrected chi connectivity index (χ3v) is 5.64. The lowest BCUT2D eigenvalue weighted by molar-refractivity contribution is -0.134. The lowest BCUT2D eigenvalue weighted by Crippen LogP contribution is -2.49. The minimum Gasteiger partial charge on any atom is -0.338 e. The quantitative estimate of drug-likeness (QED) is 0.863. The molecular weight excluding hydrogens is 288 g/mol. The summed E-state index contributed by atoms with van der Waals surface area (Å²) in [5, 5.41) is 0. The molecule has 0 aliphatic carbocycles. The Kier molecular flexibility index (Phi) is 5.00. The molecule has 1 aliphatic heterocycles. The molecule has 0 radical (unpaired) electrons. The van der Waals surface area contributed by atoms with E-state index in [4.69, 9.17) is 5.73 Å². The molecule has 1 aromatic rings. The Morgan fingerprint density at radius 1 is 1.38 bits per heavy atom. The normalized spacial score (nSPS) is 21.9. The number of sulfone groups is 1. The molecule has 2 rings (SSSR count). The highest BCUT2D eigenvalue weighted by molar-refractivity contribution is 7.91. The van der Waals surface area contributed by atoms with Crippen LogP contribution in [0.15, 0.2) is 30.3 Å². The standard InChI is InChI=1S/C15H22N2O3S/c1-2-17(13-8-9-21(19,20)11-13)15(18)14(16)10-12-6-4-3-5-7-12/h3-7,13-14H,2,8-11,16H2,1H3/t13?,14-/m1/s1. The van der Waals surface area contributed by atoms with Gasteiger partial charge in [-0.05, 0) is 25.3 Å². The summed E-state index contributed by atoms with van der Waals surface area (Å²) < 4.78 is 23.2. The van der Waals surface area contributed by atoms with Gasteiger partial charge in [0.15, 0.2) is 9.84 Å². The molecule has 1 aromatic carbocycles. The van der Waals surface area contributed by atoms with Crippen molar-refractivity contribution in [1.29, 1.82) is 0 Å². The number of benzene rings is 1. The first-order valence-electron chi connectivity index (χ1n) is 7.23. The van der Waals surface area contributed by atoms with E-state index in [0.29, 0.717) is 19.4 Å². The maximum absolute atomic E-state index is 12.5. The van der Waals surface area contributed by atoms with Crippen LogP contribution < -0.4 is 5.73 Å². The monoisotopic (exact) mass is 310 g/mol. The van der Waals surface area contributed by atoms with Crippen LogP contribution in [0.3, 0.4) is 0 Å². The summed E-state index contributed by atoms with van der Waals surface area (Å²) in [6.07, 6.45) is 0.982. The van der Waals surface area contributed by atoms with Gasteiger partial charge in [-0.25, -0.2) is 8.42 Å². The molecule has 1 saturated heterocycles. The third-order valence-electron chi connectivity index (χ3n) is 3.89. The van der Waals surface area contributed by atoms with E-state index in [-0.39, 0.29) is 23.5 Å². The SMILES string of the molecule is CCN(C(=O)[C@H](N)Cc1ccccc1)C1CCS(=O)(=O)C1. The van der Waals surface area contributed by atoms with Gasteiger partial charge in [0.25, 0.3) is 0 Å². The summed E-state index contributed by atoms with van der Waals surface area (Å²) in [7, 11) is -3.00. The first kappa shape index (κ1) is 16.0. The van der Waals surface area contributed by atoms with Crippen molar-refractivity contribution in [3.8, 4) is 0 Å². The van der Waals surface area contributed by atoms with E-state index < -0.39 is 15.9 Å². The number of hydrogen-bond acceptors (Lipinski definition) is 4. The van der Waals surface area contributed by atoms with Gasteiger partial charge in [0.2, 0.25) is 5.91 Å². The molecule has 2 N–H and O–H groups in total. The number of hydrogen-bond donors (Lipinski definition) is 1. The molecule has 2 atom stereocenters. The number of amides is 1. The maximum atomic E-state index is 12.5. The van der Waals surface area contributed by atoms with E-state index in [1.165, 1.54) is 0 Å². The fourth-order valence-corrected chi connectivity index (χ4v) is 4.51. The van der Waals surface area contributed by atoms with Gasteiger partial charge in [0.05, 0.1) is 17.5 Å². The van der Waals surface area contributed by atoms with Crippen molar-refractivity contribution < 1.29 is 13.2 Å². The smallest absolute Gasteiger partial charge is 0.240 e. The number of rotatable bonds is 5. The molecule has 1 amide bonds. The van der Waals surface area contributed by atoms with Gasteiger partial charge >= 0.3 is 0 Å². The van der Waals surface area contributed by atoms with Crippen LogP contribution in [0.1, 0.15) is 18.9 Å². The lowest BCUT2D eigenvalue weighted by Gasteiger charge is -2.29. The molecule has 5 nitrogen and oxygen atoms in total. The van der Waals surface area contributed by atoms with E-state index in [0.717, 1.165) is 5.56 Å². The highest BCUT2D eigenvalue weighted by Crippen LogP contribution is 2.18. The summed E-state index contributed by atoms with van der Waals surface area (Å²) in [5.41, 5.74) is 7.03. The van der Waals surface area contributed by atoms with Gasteiger partial charge in [-0.2, -0.15) is 0 Å². The minimum atomic E-state index is -3.00. The summed E-state index contributed by atoms with van der Waals surface area (Å²) in [6, 6.07) is 8.75. The van der Waals surface area contributed by atoms with Gasteiger partial charge in [-0.15, -0.1) is 0 Å². The number of nitrogens with two attached hydrogens (primary N) is 1. The van der Waals surface area contributed by atoms with E-state index >= 15 is 0 Å². The summed E-state index contributed by atoms with van der Waals surface area (Å²) in [6.45, 7) is 2.35. The minimum absolute atomic E-state index is 0.0602. The van der Waals surface area contributed by atoms with E-state index in [9.17, 15) is 13.2 Å². The Morgan fingerprint density at radius 2 is 2.05 bits per heavy atom. The van der Waals surface area contributed by atoms with E-state index in [2.05, 4.69) is 0 Å². The first-order valence-corrected chi connectivity index (χ1v) is 9.05. The van der Waals surface area contributed by atoms with Crippen LogP contribution in [0, 0.1) is 0 Å². The fraction of sp³-hybridized carbons (Fsp3) is 0.533. The third kappa shape index (κ3) is 4.04. The van der Waals surface area contributed by atoms with Crippen LogP contribution in [-0.4, -0.2) is 49.4 Å².